The summed E-state index contributed by atoms with van der Waals surface area (Å²) >= 11 is 1.72. The highest BCUT2D eigenvalue weighted by Gasteiger charge is 2.64. The lowest BCUT2D eigenvalue weighted by Gasteiger charge is -2.46. The number of nitrogens with zero attached hydrogens (tertiary/aromatic N) is 1. The second-order valence-corrected chi connectivity index (χ2v) is 35.1. The van der Waals surface area contributed by atoms with Gasteiger partial charge < -0.3 is 67.9 Å². The number of amides is 3. The minimum atomic E-state index is -5.05. The summed E-state index contributed by atoms with van der Waals surface area (Å²) in [7, 11) is -0.00763. The molecule has 3 aromatic rings. The van der Waals surface area contributed by atoms with Crippen molar-refractivity contribution >= 4 is 88.1 Å². The summed E-state index contributed by atoms with van der Waals surface area (Å²) in [6, 6.07) is 23.0. The fourth-order valence-electron chi connectivity index (χ4n) is 11.1. The number of hydrogen-bond donors (Lipinski definition) is 4. The number of aliphatic hydroxyl groups is 1. The molecule has 9 rings (SSSR count). The van der Waals surface area contributed by atoms with E-state index in [9.17, 15) is 39.9 Å². The van der Waals surface area contributed by atoms with Crippen LogP contribution in [0, 0.1) is 0 Å². The smallest absolute Gasteiger partial charge is 0.444 e. The van der Waals surface area contributed by atoms with Crippen molar-refractivity contribution in [1.82, 2.24) is 20.3 Å². The molecular formula is C69H108B3Br2F5N4O14S. The Hall–Kier alpha value is -3.74. The molecule has 3 saturated carbocycles. The molecule has 0 bridgehead atoms. The number of benzene rings is 3. The molecule has 3 aliphatic carbocycles. The Labute approximate surface area is 599 Å². The highest BCUT2D eigenvalue weighted by Crippen LogP contribution is 2.56. The molecule has 0 aromatic heterocycles. The zero-order chi connectivity index (χ0) is 74.5. The van der Waals surface area contributed by atoms with Crippen LogP contribution in [0.4, 0.5) is 34.8 Å². The number of alkyl carbamates (subject to hydrolysis) is 3. The van der Waals surface area contributed by atoms with Crippen molar-refractivity contribution in [2.75, 3.05) is 26.8 Å². The van der Waals surface area contributed by atoms with Crippen LogP contribution < -0.4 is 21.4 Å². The number of nitrogens with one attached hydrogen (secondary N) is 3. The fraction of sp³-hybridized carbons (Fsp3) is 0.696. The van der Waals surface area contributed by atoms with Crippen molar-refractivity contribution in [3.63, 3.8) is 0 Å². The molecule has 3 aliphatic heterocycles. The van der Waals surface area contributed by atoms with Crippen molar-refractivity contribution in [1.29, 1.82) is 0 Å². The number of carbonyl (C=O) groups excluding carboxylic acids is 3. The second-order valence-electron chi connectivity index (χ2n) is 32.0. The van der Waals surface area contributed by atoms with Crippen molar-refractivity contribution in [2.45, 2.75) is 283 Å². The second kappa shape index (κ2) is 32.1. The summed E-state index contributed by atoms with van der Waals surface area (Å²) in [5, 5.41) is 18.3. The van der Waals surface area contributed by atoms with Gasteiger partial charge in [0.05, 0.1) is 62.9 Å². The van der Waals surface area contributed by atoms with Crippen molar-refractivity contribution in [3.05, 3.63) is 98.4 Å². The molecule has 3 aromatic carbocycles. The average Bonchev–Trinajstić information content (AvgIpc) is 1.17. The Kier molecular flexibility index (Phi) is 27.8. The summed E-state index contributed by atoms with van der Waals surface area (Å²) in [5.74, 6) is 0. The fourth-order valence-corrected chi connectivity index (χ4v) is 12.3. The van der Waals surface area contributed by atoms with E-state index in [-0.39, 0.29) is 73.9 Å². The molecule has 3 saturated heterocycles. The number of carbonyl (C=O) groups is 3. The lowest BCUT2D eigenvalue weighted by molar-refractivity contribution is -0.0126. The van der Waals surface area contributed by atoms with E-state index in [1.54, 1.807) is 48.5 Å². The van der Waals surface area contributed by atoms with Crippen molar-refractivity contribution < 1.29 is 86.8 Å². The van der Waals surface area contributed by atoms with E-state index in [4.69, 9.17) is 42.1 Å². The molecule has 98 heavy (non-hydrogen) atoms. The van der Waals surface area contributed by atoms with E-state index in [0.29, 0.717) is 23.6 Å². The van der Waals surface area contributed by atoms with Crippen LogP contribution in [-0.2, 0) is 63.5 Å². The lowest BCUT2D eigenvalue weighted by atomic mass is 9.49. The molecule has 0 unspecified atom stereocenters. The van der Waals surface area contributed by atoms with Gasteiger partial charge in [0, 0.05) is 67.7 Å². The van der Waals surface area contributed by atoms with Gasteiger partial charge in [-0.25, -0.2) is 23.2 Å². The van der Waals surface area contributed by atoms with E-state index in [0.717, 1.165) is 31.1 Å². The number of rotatable bonds is 14. The molecule has 0 spiro atoms. The van der Waals surface area contributed by atoms with Crippen molar-refractivity contribution in [3.8, 4) is 0 Å². The summed E-state index contributed by atoms with van der Waals surface area (Å²) in [5.41, 5.74) is -2.25. The average molecular weight is 1540 g/mol. The molecule has 4 N–H and O–H groups in total. The van der Waals surface area contributed by atoms with Gasteiger partial charge in [-0.1, -0.05) is 87.3 Å². The molecule has 0 radical (unpaired) electrons. The summed E-state index contributed by atoms with van der Waals surface area (Å²) in [6.45, 7) is 42.4. The molecule has 29 heteroatoms. The first kappa shape index (κ1) is 84.9. The normalized spacial score (nSPS) is 26.2. The van der Waals surface area contributed by atoms with E-state index < -0.39 is 108 Å². The van der Waals surface area contributed by atoms with E-state index in [1.165, 1.54) is 7.11 Å². The predicted molar refractivity (Wildman–Crippen MR) is 384 cm³/mol. The number of ether oxygens (including phenoxy) is 4. The SMILES string of the molecule is CC(C)(C)OC(=O)NC1(c2ccc(B3OC(C)(C)C(C)(C)O3)cc2)CC(F)C1.CC(C)(C)OC(=O)NC1(c2ccc(Br)cc2)CC(F)C1.CC(C)(C)OC(=O)NC1(c2ccc(Br)cc2)CC(O)C1.CC1(C)OB(B2OC(C)(C)C(C)(C)O2)OC1(C)C.CCCN(CCOC)S(F)(F)F. The molecule has 6 aliphatic rings. The number of halogens is 7. The summed E-state index contributed by atoms with van der Waals surface area (Å²) < 4.78 is 123. The summed E-state index contributed by atoms with van der Waals surface area (Å²) in [4.78, 5) is 36.2. The number of alkyl halides is 2. The van der Waals surface area contributed by atoms with Gasteiger partial charge in [0.2, 0.25) is 0 Å². The third kappa shape index (κ3) is 23.1. The third-order valence-corrected chi connectivity index (χ3v) is 20.5. The maximum atomic E-state index is 13.7. The van der Waals surface area contributed by atoms with Gasteiger partial charge in [-0.3, -0.25) is 0 Å². The van der Waals surface area contributed by atoms with Gasteiger partial charge in [-0.05, 0) is 198 Å². The van der Waals surface area contributed by atoms with Gasteiger partial charge in [0.1, 0.15) is 29.1 Å². The van der Waals surface area contributed by atoms with E-state index in [1.807, 2.05) is 177 Å². The quantitative estimate of drug-likeness (QED) is 0.0674. The van der Waals surface area contributed by atoms with Crippen LogP contribution >= 0.6 is 43.2 Å². The highest BCUT2D eigenvalue weighted by atomic mass is 79.9. The van der Waals surface area contributed by atoms with Crippen LogP contribution in [0.1, 0.15) is 214 Å². The zero-order valence-corrected chi connectivity index (χ0v) is 65.7. The molecule has 6 fully saturated rings. The van der Waals surface area contributed by atoms with Crippen LogP contribution in [-0.4, -0.2) is 144 Å². The lowest BCUT2D eigenvalue weighted by Crippen LogP contribution is -2.57. The maximum Gasteiger partial charge on any atom is 0.494 e. The van der Waals surface area contributed by atoms with Gasteiger partial charge in [-0.2, -0.15) is 4.31 Å². The Morgan fingerprint density at radius 1 is 0.510 bits per heavy atom. The molecule has 552 valence electrons. The van der Waals surface area contributed by atoms with Gasteiger partial charge in [0.25, 0.3) is 11.4 Å². The largest absolute Gasteiger partial charge is 0.494 e. The third-order valence-electron chi connectivity index (χ3n) is 18.5. The first-order valence-electron chi connectivity index (χ1n) is 33.4. The van der Waals surface area contributed by atoms with Crippen LogP contribution in [0.5, 0.6) is 0 Å². The van der Waals surface area contributed by atoms with Gasteiger partial charge in [-0.15, -0.1) is 11.7 Å². The number of aliphatic hydroxyl groups excluding tert-OH is 1. The van der Waals surface area contributed by atoms with Crippen LogP contribution in [0.2, 0.25) is 0 Å². The van der Waals surface area contributed by atoms with Crippen LogP contribution in [0.15, 0.2) is 81.7 Å². The minimum Gasteiger partial charge on any atom is -0.444 e. The first-order valence-corrected chi connectivity index (χ1v) is 36.3. The Bertz CT molecular complexity index is 2930. The van der Waals surface area contributed by atoms with Gasteiger partial charge >= 0.3 is 39.4 Å². The zero-order valence-electron chi connectivity index (χ0n) is 61.7. The molecule has 3 amide bonds. The standard InChI is InChI=1S/C21H31BFNO4.C15H19BrFNO2.C15H20BrNO3.C12H24B2O4.C6H14F3NOS/c1-18(2,3)26-17(25)24-21(12-16(23)13-21)14-8-10-15(11-9-14)22-27-19(4,5)20(6,7)28-22;1-14(2,3)20-13(19)18-15(8-12(17)9-15)10-4-6-11(16)7-5-10;1-14(2,3)20-13(19)17-15(8-12(18)9-15)10-4-6-11(16)7-5-10;1-9(2)10(3,4)16-13(15-9)14-17-11(5,6)12(7,8)18-14;1-3-4-10(5-6-11-2)12(7,8)9/h8-11,16H,12-13H2,1-7H3,(H,24,25);4-7,12H,8-9H2,1-3H3,(H,18,19);4-7,12,18H,8-9H2,1-3H3,(H,17,19);1-8H3;3-6H2,1-2H3. The van der Waals surface area contributed by atoms with Crippen LogP contribution in [0.25, 0.3) is 0 Å². The predicted octanol–water partition coefficient (Wildman–Crippen LogP) is 16.4. The minimum absolute atomic E-state index is 0.0524. The number of methoxy groups -OCH3 is 1. The molecule has 0 atom stereocenters. The summed E-state index contributed by atoms with van der Waals surface area (Å²) in [6.07, 6.45) is -1.11. The van der Waals surface area contributed by atoms with Gasteiger partial charge in [0.15, 0.2) is 0 Å². The van der Waals surface area contributed by atoms with E-state index >= 15 is 0 Å². The van der Waals surface area contributed by atoms with E-state index in [2.05, 4.69) is 52.5 Å². The Morgan fingerprint density at radius 2 is 0.786 bits per heavy atom. The number of hydrogen-bond acceptors (Lipinski definition) is 15. The Balaban J connectivity index is 0.000000227. The molecular weight excluding hydrogens is 1430 g/mol. The highest BCUT2D eigenvalue weighted by molar-refractivity contribution is 9.10. The Morgan fingerprint density at radius 3 is 1.03 bits per heavy atom. The van der Waals surface area contributed by atoms with Crippen LogP contribution in [0.3, 0.4) is 0 Å². The topological polar surface area (TPSA) is 203 Å². The monoisotopic (exact) mass is 1530 g/mol. The molecule has 18 nitrogen and oxygen atoms in total. The molecule has 3 heterocycles. The maximum absolute atomic E-state index is 13.7. The first-order chi connectivity index (χ1) is 44.5. The van der Waals surface area contributed by atoms with Crippen molar-refractivity contribution in [2.24, 2.45) is 0 Å².